The number of hydrogen-bond donors (Lipinski definition) is 3. The van der Waals surface area contributed by atoms with E-state index in [0.29, 0.717) is 12.5 Å². The minimum absolute atomic E-state index is 0.365. The number of hydrogen-bond acceptors (Lipinski definition) is 4. The molecule has 0 bridgehead atoms. The summed E-state index contributed by atoms with van der Waals surface area (Å²) in [7, 11) is 0. The van der Waals surface area contributed by atoms with Crippen molar-refractivity contribution in [3.05, 3.63) is 65.4 Å². The first kappa shape index (κ1) is 25.2. The number of aromatic nitrogens is 1. The van der Waals surface area contributed by atoms with Gasteiger partial charge in [-0.2, -0.15) is 0 Å². The minimum atomic E-state index is -3.19. The van der Waals surface area contributed by atoms with Gasteiger partial charge in [0.15, 0.2) is 0 Å². The van der Waals surface area contributed by atoms with Crippen molar-refractivity contribution in [2.75, 3.05) is 38.1 Å². The molecule has 2 aliphatic rings. The monoisotopic (exact) mass is 496 g/mol. The van der Waals surface area contributed by atoms with Gasteiger partial charge in [-0.05, 0) is 62.6 Å². The van der Waals surface area contributed by atoms with Gasteiger partial charge >= 0.3 is 0 Å². The van der Waals surface area contributed by atoms with Gasteiger partial charge in [-0.25, -0.2) is 8.78 Å². The number of rotatable bonds is 9. The molecular weight excluding hydrogens is 458 g/mol. The molecule has 194 valence electrons. The van der Waals surface area contributed by atoms with Crippen LogP contribution >= 0.6 is 0 Å². The van der Waals surface area contributed by atoms with Crippen molar-refractivity contribution in [2.45, 2.75) is 63.6 Å². The number of nitrogens with zero attached hydrogens (tertiary/aromatic N) is 2. The molecule has 1 fully saturated rings. The Bertz CT molecular complexity index is 1180. The zero-order chi connectivity index (χ0) is 25.5. The highest BCUT2D eigenvalue weighted by Gasteiger charge is 2.46. The molecule has 0 amide bonds. The lowest BCUT2D eigenvalue weighted by atomic mass is 9.81. The predicted molar refractivity (Wildman–Crippen MR) is 142 cm³/mol. The van der Waals surface area contributed by atoms with Crippen LogP contribution in [0.5, 0.6) is 0 Å². The number of likely N-dealkylation sites (tertiary alicyclic amines) is 1. The van der Waals surface area contributed by atoms with E-state index in [1.165, 1.54) is 18.4 Å². The normalized spacial score (nSPS) is 20.9. The van der Waals surface area contributed by atoms with E-state index in [1.54, 1.807) is 0 Å². The van der Waals surface area contributed by atoms with Crippen LogP contribution in [0.3, 0.4) is 0 Å². The molecule has 2 aromatic carbocycles. The predicted octanol–water partition coefficient (Wildman–Crippen LogP) is 5.42. The first-order valence-corrected chi connectivity index (χ1v) is 13.1. The highest BCUT2D eigenvalue weighted by molar-refractivity contribution is 5.85. The van der Waals surface area contributed by atoms with Crippen molar-refractivity contribution >= 4 is 16.6 Å². The Hall–Kier alpha value is -2.48. The van der Waals surface area contributed by atoms with Crippen molar-refractivity contribution in [3.63, 3.8) is 0 Å². The summed E-state index contributed by atoms with van der Waals surface area (Å²) in [6.45, 7) is 7.87. The third kappa shape index (κ3) is 4.89. The van der Waals surface area contributed by atoms with Gasteiger partial charge in [0, 0.05) is 40.9 Å². The van der Waals surface area contributed by atoms with Crippen molar-refractivity contribution in [3.8, 4) is 0 Å². The standard InChI is InChI=1S/C29H38F2N4O/c1-4-5-14-34-16-22(17-34)32-21-12-10-20(11-13-21)27-26-24(23-8-6-7-9-25(23)33-26)15-28(2,3)35(27)18-29(30,31)19-36/h6-13,22,27,32-33,36H,4-5,14-19H2,1-3H3. The van der Waals surface area contributed by atoms with Gasteiger partial charge in [-0.3, -0.25) is 9.80 Å². The lowest BCUT2D eigenvalue weighted by Crippen LogP contribution is -2.55. The number of benzene rings is 2. The number of aromatic amines is 1. The van der Waals surface area contributed by atoms with Crippen LogP contribution in [0, 0.1) is 0 Å². The molecule has 3 aromatic rings. The van der Waals surface area contributed by atoms with Crippen molar-refractivity contribution in [1.29, 1.82) is 0 Å². The van der Waals surface area contributed by atoms with E-state index in [4.69, 9.17) is 0 Å². The number of fused-ring (bicyclic) bond motifs is 3. The van der Waals surface area contributed by atoms with Crippen LogP contribution in [-0.4, -0.2) is 70.2 Å². The molecule has 1 aromatic heterocycles. The third-order valence-electron chi connectivity index (χ3n) is 7.83. The zero-order valence-electron chi connectivity index (χ0n) is 21.5. The molecule has 1 saturated heterocycles. The first-order chi connectivity index (χ1) is 17.2. The van der Waals surface area contributed by atoms with E-state index in [2.05, 4.69) is 52.5 Å². The number of H-pyrrole nitrogens is 1. The zero-order valence-corrected chi connectivity index (χ0v) is 21.5. The summed E-state index contributed by atoms with van der Waals surface area (Å²) >= 11 is 0. The summed E-state index contributed by atoms with van der Waals surface area (Å²) in [6.07, 6.45) is 3.11. The maximum atomic E-state index is 14.6. The molecular formula is C29H38F2N4O. The van der Waals surface area contributed by atoms with Crippen LogP contribution in [0.1, 0.15) is 56.5 Å². The van der Waals surface area contributed by atoms with Gasteiger partial charge in [0.25, 0.3) is 5.92 Å². The van der Waals surface area contributed by atoms with Gasteiger partial charge < -0.3 is 15.4 Å². The summed E-state index contributed by atoms with van der Waals surface area (Å²) in [5, 5.41) is 14.1. The Morgan fingerprint density at radius 3 is 2.53 bits per heavy atom. The molecule has 0 radical (unpaired) electrons. The maximum Gasteiger partial charge on any atom is 0.283 e. The molecule has 2 aliphatic heterocycles. The second kappa shape index (κ2) is 9.77. The van der Waals surface area contributed by atoms with Crippen LogP contribution in [0.15, 0.2) is 48.5 Å². The quantitative estimate of drug-likeness (QED) is 0.370. The highest BCUT2D eigenvalue weighted by Crippen LogP contribution is 2.45. The first-order valence-electron chi connectivity index (χ1n) is 13.1. The van der Waals surface area contributed by atoms with E-state index < -0.39 is 24.6 Å². The van der Waals surface area contributed by atoms with E-state index in [9.17, 15) is 13.9 Å². The maximum absolute atomic E-state index is 14.6. The molecule has 0 aliphatic carbocycles. The number of halogens is 2. The Balaban J connectivity index is 1.45. The summed E-state index contributed by atoms with van der Waals surface area (Å²) in [4.78, 5) is 7.88. The molecule has 36 heavy (non-hydrogen) atoms. The Morgan fingerprint density at radius 1 is 1.11 bits per heavy atom. The number of aliphatic hydroxyl groups is 1. The van der Waals surface area contributed by atoms with Gasteiger partial charge in [0.1, 0.15) is 6.61 Å². The minimum Gasteiger partial charge on any atom is -0.390 e. The average Bonchev–Trinajstić information content (AvgIpc) is 3.18. The average molecular weight is 497 g/mol. The summed E-state index contributed by atoms with van der Waals surface area (Å²) in [6, 6.07) is 16.5. The molecule has 5 nitrogen and oxygen atoms in total. The number of unbranched alkanes of at least 4 members (excludes halogenated alkanes) is 1. The second-order valence-electron chi connectivity index (χ2n) is 11.2. The third-order valence-corrected chi connectivity index (χ3v) is 7.83. The number of nitrogens with one attached hydrogen (secondary N) is 2. The Kier molecular flexibility index (Phi) is 6.83. The van der Waals surface area contributed by atoms with Crippen molar-refractivity contribution < 1.29 is 13.9 Å². The van der Waals surface area contributed by atoms with Gasteiger partial charge in [0.05, 0.1) is 18.6 Å². The van der Waals surface area contributed by atoms with Crippen LogP contribution in [0.2, 0.25) is 0 Å². The number of para-hydroxylation sites is 1. The van der Waals surface area contributed by atoms with Gasteiger partial charge in [-0.1, -0.05) is 43.7 Å². The Labute approximate surface area is 212 Å². The number of anilines is 1. The topological polar surface area (TPSA) is 54.5 Å². The van der Waals surface area contributed by atoms with Crippen molar-refractivity contribution in [1.82, 2.24) is 14.8 Å². The molecule has 1 atom stereocenters. The SMILES string of the molecule is CCCCN1CC(Nc2ccc(C3c4[nH]c5ccccc5c4CC(C)(C)N3CC(F)(F)CO)cc2)C1. The van der Waals surface area contributed by atoms with Crippen molar-refractivity contribution in [2.24, 2.45) is 0 Å². The summed E-state index contributed by atoms with van der Waals surface area (Å²) in [5.41, 5.74) is 4.68. The molecule has 5 rings (SSSR count). The smallest absolute Gasteiger partial charge is 0.283 e. The van der Waals surface area contributed by atoms with Crippen LogP contribution in [-0.2, 0) is 6.42 Å². The van der Waals surface area contributed by atoms with E-state index in [0.717, 1.165) is 47.5 Å². The fraction of sp³-hybridized carbons (Fsp3) is 0.517. The number of aliphatic hydroxyl groups excluding tert-OH is 1. The van der Waals surface area contributed by atoms with Gasteiger partial charge in [0.2, 0.25) is 0 Å². The van der Waals surface area contributed by atoms with Crippen LogP contribution in [0.4, 0.5) is 14.5 Å². The highest BCUT2D eigenvalue weighted by atomic mass is 19.3. The van der Waals surface area contributed by atoms with E-state index in [-0.39, 0.29) is 6.04 Å². The lowest BCUT2D eigenvalue weighted by molar-refractivity contribution is -0.0999. The second-order valence-corrected chi connectivity index (χ2v) is 11.2. The van der Waals surface area contributed by atoms with Gasteiger partial charge in [-0.15, -0.1) is 0 Å². The van der Waals surface area contributed by atoms with Crippen LogP contribution in [0.25, 0.3) is 10.9 Å². The van der Waals surface area contributed by atoms with Crippen LogP contribution < -0.4 is 5.32 Å². The molecule has 3 heterocycles. The summed E-state index contributed by atoms with van der Waals surface area (Å²) in [5.74, 6) is -3.19. The fourth-order valence-corrected chi connectivity index (χ4v) is 5.86. The fourth-order valence-electron chi connectivity index (χ4n) is 5.86. The number of alkyl halides is 2. The van der Waals surface area contributed by atoms with E-state index >= 15 is 0 Å². The molecule has 3 N–H and O–H groups in total. The molecule has 0 saturated carbocycles. The summed E-state index contributed by atoms with van der Waals surface area (Å²) < 4.78 is 29.2. The molecule has 1 unspecified atom stereocenters. The molecule has 7 heteroatoms. The van der Waals surface area contributed by atoms with E-state index in [1.807, 2.05) is 36.9 Å². The largest absolute Gasteiger partial charge is 0.390 e. The Morgan fingerprint density at radius 2 is 1.83 bits per heavy atom. The lowest BCUT2D eigenvalue weighted by Gasteiger charge is -2.48. The molecule has 0 spiro atoms.